The van der Waals surface area contributed by atoms with Gasteiger partial charge < -0.3 is 15.6 Å². The van der Waals surface area contributed by atoms with Crippen LogP contribution in [-0.2, 0) is 6.18 Å². The van der Waals surface area contributed by atoms with Gasteiger partial charge in [-0.25, -0.2) is 18.3 Å². The van der Waals surface area contributed by atoms with Gasteiger partial charge in [0.2, 0.25) is 0 Å². The van der Waals surface area contributed by atoms with E-state index in [4.69, 9.17) is 10.3 Å². The molecule has 0 fully saturated rings. The number of urea groups is 1. The number of aromatic nitrogens is 3. The molecule has 13 heteroatoms. The van der Waals surface area contributed by atoms with E-state index in [1.807, 2.05) is 0 Å². The molecule has 0 unspecified atom stereocenters. The second-order valence-electron chi connectivity index (χ2n) is 8.43. The van der Waals surface area contributed by atoms with Gasteiger partial charge in [0.1, 0.15) is 11.3 Å². The molecule has 3 heterocycles. The van der Waals surface area contributed by atoms with Gasteiger partial charge in [0, 0.05) is 29.3 Å². The third-order valence-corrected chi connectivity index (χ3v) is 6.14. The first-order chi connectivity index (χ1) is 18.1. The molecule has 1 aliphatic heterocycles. The van der Waals surface area contributed by atoms with Gasteiger partial charge in [-0.05, 0) is 48.5 Å². The van der Waals surface area contributed by atoms with Crippen molar-refractivity contribution in [3.05, 3.63) is 78.1 Å². The summed E-state index contributed by atoms with van der Waals surface area (Å²) in [6.07, 6.45) is -1.77. The summed E-state index contributed by atoms with van der Waals surface area (Å²) in [5.74, 6) is -2.01. The van der Waals surface area contributed by atoms with Crippen LogP contribution in [0.5, 0.6) is 0 Å². The number of hydrogen-bond acceptors (Lipinski definition) is 5. The second-order valence-corrected chi connectivity index (χ2v) is 8.43. The average molecular weight is 526 g/mol. The average Bonchev–Trinajstić information content (AvgIpc) is 3.46. The van der Waals surface area contributed by atoms with Crippen molar-refractivity contribution in [1.82, 2.24) is 20.3 Å². The van der Waals surface area contributed by atoms with Crippen LogP contribution in [0.3, 0.4) is 0 Å². The Kier molecular flexibility index (Phi) is 5.12. The number of amides is 2. The molecule has 0 aliphatic carbocycles. The van der Waals surface area contributed by atoms with Crippen LogP contribution in [0.15, 0.2) is 65.3 Å². The Hall–Kier alpha value is -4.94. The maximum absolute atomic E-state index is 16.0. The zero-order chi connectivity index (χ0) is 26.8. The molecule has 0 bridgehead atoms. The number of benzene rings is 3. The molecule has 5 aromatic rings. The summed E-state index contributed by atoms with van der Waals surface area (Å²) in [6.45, 7) is 0.325. The Bertz CT molecular complexity index is 1790. The molecule has 6 rings (SSSR count). The van der Waals surface area contributed by atoms with E-state index in [0.29, 0.717) is 11.9 Å². The number of carbonyl (C=O) groups excluding carboxylic acids is 1. The Morgan fingerprint density at radius 3 is 2.47 bits per heavy atom. The number of anilines is 2. The van der Waals surface area contributed by atoms with Crippen molar-refractivity contribution in [1.29, 1.82) is 0 Å². The van der Waals surface area contributed by atoms with Crippen LogP contribution < -0.4 is 16.0 Å². The molecule has 2 amide bonds. The summed E-state index contributed by atoms with van der Waals surface area (Å²) in [6, 6.07) is 9.48. The number of carbonyl (C=O) groups is 1. The highest BCUT2D eigenvalue weighted by Gasteiger charge is 2.38. The molecular weight excluding hydrogens is 511 g/mol. The van der Waals surface area contributed by atoms with E-state index in [2.05, 4.69) is 15.6 Å². The lowest BCUT2D eigenvalue weighted by Gasteiger charge is -2.22. The van der Waals surface area contributed by atoms with Crippen molar-refractivity contribution in [2.24, 2.45) is 0 Å². The van der Waals surface area contributed by atoms with Crippen LogP contribution in [0, 0.1) is 11.6 Å². The number of halogens is 5. The van der Waals surface area contributed by atoms with Crippen LogP contribution in [-0.4, -0.2) is 27.5 Å². The van der Waals surface area contributed by atoms with E-state index < -0.39 is 40.4 Å². The minimum atomic E-state index is -4.90. The Labute approximate surface area is 209 Å². The largest absolute Gasteiger partial charge is 0.435 e. The summed E-state index contributed by atoms with van der Waals surface area (Å²) in [5.41, 5.74) is 3.97. The monoisotopic (exact) mass is 526 g/mol. The maximum Gasteiger partial charge on any atom is 0.435 e. The van der Waals surface area contributed by atoms with Crippen molar-refractivity contribution in [3.63, 3.8) is 0 Å². The number of hydrogen-bond donors (Lipinski definition) is 2. The summed E-state index contributed by atoms with van der Waals surface area (Å²) in [4.78, 5) is 13.2. The predicted octanol–water partition coefficient (Wildman–Crippen LogP) is 5.76. The van der Waals surface area contributed by atoms with Gasteiger partial charge in [-0.3, -0.25) is 4.90 Å². The number of nitrogens with one attached hydrogen (secondary N) is 1. The first-order valence-corrected chi connectivity index (χ1v) is 11.1. The van der Waals surface area contributed by atoms with Crippen molar-refractivity contribution in [2.45, 2.75) is 6.18 Å². The Morgan fingerprint density at radius 2 is 1.74 bits per heavy atom. The van der Waals surface area contributed by atoms with Gasteiger partial charge in [0.25, 0.3) is 0 Å². The first-order valence-electron chi connectivity index (χ1n) is 11.1. The van der Waals surface area contributed by atoms with Gasteiger partial charge in [-0.15, -0.1) is 0 Å². The summed E-state index contributed by atoms with van der Waals surface area (Å²) in [5, 5.41) is 9.63. The highest BCUT2D eigenvalue weighted by atomic mass is 19.4. The van der Waals surface area contributed by atoms with Crippen molar-refractivity contribution < 1.29 is 31.3 Å². The zero-order valence-electron chi connectivity index (χ0n) is 19.1. The molecule has 0 saturated carbocycles. The lowest BCUT2D eigenvalue weighted by Crippen LogP contribution is -2.39. The summed E-state index contributed by atoms with van der Waals surface area (Å²) < 4.78 is 78.6. The highest BCUT2D eigenvalue weighted by molar-refractivity contribution is 5.96. The van der Waals surface area contributed by atoms with Crippen LogP contribution in [0.2, 0.25) is 0 Å². The van der Waals surface area contributed by atoms with Crippen LogP contribution in [0.1, 0.15) is 5.69 Å². The van der Waals surface area contributed by atoms with Gasteiger partial charge in [0.15, 0.2) is 22.9 Å². The third kappa shape index (κ3) is 3.62. The molecule has 1 aliphatic rings. The van der Waals surface area contributed by atoms with Crippen LogP contribution >= 0.6 is 0 Å². The van der Waals surface area contributed by atoms with E-state index in [0.717, 1.165) is 22.9 Å². The van der Waals surface area contributed by atoms with E-state index >= 15 is 8.78 Å². The molecule has 0 saturated heterocycles. The number of fused-ring (bicyclic) bond motifs is 2. The number of nitrogen functional groups attached to an aromatic ring is 1. The van der Waals surface area contributed by atoms with E-state index in [1.54, 1.807) is 6.08 Å². The minimum absolute atomic E-state index is 0.00471. The number of alkyl halides is 3. The Balaban J connectivity index is 1.54. The number of nitrogens with two attached hydrogens (primary N) is 1. The van der Waals surface area contributed by atoms with Crippen LogP contribution in [0.4, 0.5) is 38.3 Å². The van der Waals surface area contributed by atoms with Crippen LogP contribution in [0.25, 0.3) is 38.7 Å². The van der Waals surface area contributed by atoms with E-state index in [9.17, 15) is 18.0 Å². The topological polar surface area (TPSA) is 102 Å². The summed E-state index contributed by atoms with van der Waals surface area (Å²) in [7, 11) is 0. The lowest BCUT2D eigenvalue weighted by molar-refractivity contribution is -0.140. The lowest BCUT2D eigenvalue weighted by atomic mass is 10.0. The fourth-order valence-corrected chi connectivity index (χ4v) is 4.38. The highest BCUT2D eigenvalue weighted by Crippen LogP contribution is 2.40. The van der Waals surface area contributed by atoms with Crippen molar-refractivity contribution in [2.75, 3.05) is 17.2 Å². The molecule has 8 nitrogen and oxygen atoms in total. The van der Waals surface area contributed by atoms with Gasteiger partial charge >= 0.3 is 12.2 Å². The smallest absolute Gasteiger partial charge is 0.380 e. The molecule has 2 aromatic heterocycles. The standard InChI is InChI=1S/C25H15F5N6O2/c26-18-11-12(35-9-1-8-32-24(35)37)2-4-14(18)15-5-6-16-21(20(15)27)36(33-22(16)25(28,29)30)13-3-7-19-17(10-13)23(31)34-38-19/h1-7,9-11H,8H2,(H2,31,34)(H,32,37). The normalized spacial score (nSPS) is 14.0. The van der Waals surface area contributed by atoms with Gasteiger partial charge in [0.05, 0.1) is 16.8 Å². The quantitative estimate of drug-likeness (QED) is 0.291. The van der Waals surface area contributed by atoms with Crippen molar-refractivity contribution in [3.8, 4) is 16.8 Å². The zero-order valence-corrected chi connectivity index (χ0v) is 19.1. The first kappa shape index (κ1) is 23.5. The molecule has 192 valence electrons. The molecule has 0 radical (unpaired) electrons. The maximum atomic E-state index is 16.0. The second kappa shape index (κ2) is 8.30. The Morgan fingerprint density at radius 1 is 0.974 bits per heavy atom. The fraction of sp³-hybridized carbons (Fsp3) is 0.0800. The van der Waals surface area contributed by atoms with Crippen molar-refractivity contribution >= 4 is 39.4 Å². The third-order valence-electron chi connectivity index (χ3n) is 6.14. The number of rotatable bonds is 3. The minimum Gasteiger partial charge on any atom is -0.380 e. The summed E-state index contributed by atoms with van der Waals surface area (Å²) >= 11 is 0. The molecular formula is C25H15F5N6O2. The molecule has 0 spiro atoms. The number of nitrogens with zero attached hydrogens (tertiary/aromatic N) is 4. The van der Waals surface area contributed by atoms with E-state index in [1.165, 1.54) is 41.4 Å². The van der Waals surface area contributed by atoms with Gasteiger partial charge in [-0.2, -0.15) is 18.3 Å². The molecule has 38 heavy (non-hydrogen) atoms. The molecule has 3 N–H and O–H groups in total. The fourth-order valence-electron chi connectivity index (χ4n) is 4.38. The van der Waals surface area contributed by atoms with E-state index in [-0.39, 0.29) is 33.9 Å². The SMILES string of the molecule is Nc1noc2ccc(-n3nc(C(F)(F)F)c4ccc(-c5ccc(N6C=CCNC6=O)cc5F)c(F)c43)cc12. The predicted molar refractivity (Wildman–Crippen MR) is 128 cm³/mol. The van der Waals surface area contributed by atoms with Gasteiger partial charge in [-0.1, -0.05) is 11.2 Å². The molecule has 0 atom stereocenters. The molecule has 3 aromatic carbocycles.